The Balaban J connectivity index is 2.77. The summed E-state index contributed by atoms with van der Waals surface area (Å²) >= 11 is 0. The predicted molar refractivity (Wildman–Crippen MR) is 55.6 cm³/mol. The fourth-order valence-corrected chi connectivity index (χ4v) is 1.40. The number of hydrogen-bond donors (Lipinski definition) is 3. The van der Waals surface area contributed by atoms with Crippen molar-refractivity contribution in [1.82, 2.24) is 0 Å². The number of para-hydroxylation sites is 1. The molecule has 1 aromatic carbocycles. The molecule has 0 aliphatic heterocycles. The highest BCUT2D eigenvalue weighted by molar-refractivity contribution is 5.91. The third kappa shape index (κ3) is 2.98. The number of hydrogen-bond acceptors (Lipinski definition) is 3. The van der Waals surface area contributed by atoms with E-state index < -0.39 is 11.9 Å². The van der Waals surface area contributed by atoms with Crippen LogP contribution in [-0.4, -0.2) is 27.3 Å². The summed E-state index contributed by atoms with van der Waals surface area (Å²) in [4.78, 5) is 21.0. The van der Waals surface area contributed by atoms with Crippen LogP contribution >= 0.6 is 0 Å². The molecule has 0 spiro atoms. The lowest BCUT2D eigenvalue weighted by molar-refractivity contribution is -0.137. The number of carboxylic acid groups (broad SMARTS) is 2. The highest BCUT2D eigenvalue weighted by atomic mass is 16.4. The van der Waals surface area contributed by atoms with Gasteiger partial charge in [-0.3, -0.25) is 4.79 Å². The number of aryl methyl sites for hydroxylation is 1. The summed E-state index contributed by atoms with van der Waals surface area (Å²) in [5.74, 6) is -2.38. The van der Waals surface area contributed by atoms with E-state index in [1.165, 1.54) is 12.1 Å². The topological polar surface area (TPSA) is 94.8 Å². The second-order valence-electron chi connectivity index (χ2n) is 3.37. The van der Waals surface area contributed by atoms with Crippen molar-refractivity contribution in [2.75, 3.05) is 0 Å². The molecule has 0 fully saturated rings. The van der Waals surface area contributed by atoms with Crippen LogP contribution in [0, 0.1) is 0 Å². The van der Waals surface area contributed by atoms with Gasteiger partial charge in [0, 0.05) is 6.42 Å². The van der Waals surface area contributed by atoms with Crippen LogP contribution in [0.2, 0.25) is 0 Å². The molecule has 0 saturated carbocycles. The first kappa shape index (κ1) is 12.0. The van der Waals surface area contributed by atoms with Crippen molar-refractivity contribution in [2.24, 2.45) is 0 Å². The van der Waals surface area contributed by atoms with Gasteiger partial charge in [-0.1, -0.05) is 12.1 Å². The Kier molecular flexibility index (Phi) is 3.88. The van der Waals surface area contributed by atoms with Crippen LogP contribution < -0.4 is 0 Å². The largest absolute Gasteiger partial charge is 0.507 e. The normalized spacial score (nSPS) is 10.0. The number of carboxylic acids is 2. The number of carbonyl (C=O) groups is 2. The lowest BCUT2D eigenvalue weighted by Gasteiger charge is -2.06. The van der Waals surface area contributed by atoms with Crippen LogP contribution in [0.4, 0.5) is 0 Å². The molecule has 86 valence electrons. The molecule has 0 unspecified atom stereocenters. The van der Waals surface area contributed by atoms with E-state index in [2.05, 4.69) is 0 Å². The number of aromatic carboxylic acids is 1. The van der Waals surface area contributed by atoms with E-state index in [4.69, 9.17) is 10.2 Å². The molecule has 0 aliphatic rings. The van der Waals surface area contributed by atoms with E-state index in [0.29, 0.717) is 18.4 Å². The maximum atomic E-state index is 10.7. The first-order valence-corrected chi connectivity index (χ1v) is 4.78. The zero-order valence-electron chi connectivity index (χ0n) is 8.51. The van der Waals surface area contributed by atoms with Crippen molar-refractivity contribution >= 4 is 11.9 Å². The van der Waals surface area contributed by atoms with Gasteiger partial charge >= 0.3 is 11.9 Å². The Morgan fingerprint density at radius 1 is 1.19 bits per heavy atom. The van der Waals surface area contributed by atoms with Crippen LogP contribution in [0.1, 0.15) is 28.8 Å². The smallest absolute Gasteiger partial charge is 0.339 e. The molecule has 0 radical (unpaired) electrons. The van der Waals surface area contributed by atoms with Crippen LogP contribution in [0.15, 0.2) is 18.2 Å². The Labute approximate surface area is 92.0 Å². The molecule has 0 amide bonds. The molecule has 1 aromatic rings. The fourth-order valence-electron chi connectivity index (χ4n) is 1.40. The van der Waals surface area contributed by atoms with Gasteiger partial charge in [0.2, 0.25) is 0 Å². The van der Waals surface area contributed by atoms with E-state index in [1.54, 1.807) is 6.07 Å². The Bertz CT molecular complexity index is 411. The molecule has 5 nitrogen and oxygen atoms in total. The van der Waals surface area contributed by atoms with Crippen LogP contribution in [0.25, 0.3) is 0 Å². The van der Waals surface area contributed by atoms with E-state index in [0.717, 1.165) is 0 Å². The lowest BCUT2D eigenvalue weighted by Crippen LogP contribution is -2.00. The number of rotatable bonds is 5. The summed E-state index contributed by atoms with van der Waals surface area (Å²) in [6, 6.07) is 4.42. The monoisotopic (exact) mass is 224 g/mol. The Hall–Kier alpha value is -2.04. The molecule has 0 heterocycles. The van der Waals surface area contributed by atoms with Crippen molar-refractivity contribution in [3.8, 4) is 5.75 Å². The summed E-state index contributed by atoms with van der Waals surface area (Å²) in [6.45, 7) is 0. The van der Waals surface area contributed by atoms with Gasteiger partial charge < -0.3 is 15.3 Å². The molecular weight excluding hydrogens is 212 g/mol. The Morgan fingerprint density at radius 2 is 1.88 bits per heavy atom. The molecule has 0 aliphatic carbocycles. The summed E-state index contributed by atoms with van der Waals surface area (Å²) in [5, 5.41) is 26.8. The number of aromatic hydroxyl groups is 1. The summed E-state index contributed by atoms with van der Waals surface area (Å²) < 4.78 is 0. The molecular formula is C11H12O5. The van der Waals surface area contributed by atoms with Crippen LogP contribution in [-0.2, 0) is 11.2 Å². The van der Waals surface area contributed by atoms with Crippen molar-refractivity contribution in [3.05, 3.63) is 29.3 Å². The zero-order valence-corrected chi connectivity index (χ0v) is 8.51. The fraction of sp³-hybridized carbons (Fsp3) is 0.273. The Morgan fingerprint density at radius 3 is 2.44 bits per heavy atom. The molecule has 3 N–H and O–H groups in total. The molecule has 16 heavy (non-hydrogen) atoms. The first-order valence-electron chi connectivity index (χ1n) is 4.78. The number of aliphatic carboxylic acids is 1. The van der Waals surface area contributed by atoms with Gasteiger partial charge in [-0.15, -0.1) is 0 Å². The van der Waals surface area contributed by atoms with Gasteiger partial charge in [-0.2, -0.15) is 0 Å². The quantitative estimate of drug-likeness (QED) is 0.704. The number of benzene rings is 1. The van der Waals surface area contributed by atoms with Gasteiger partial charge in [0.25, 0.3) is 0 Å². The van der Waals surface area contributed by atoms with Crippen molar-refractivity contribution < 1.29 is 24.9 Å². The van der Waals surface area contributed by atoms with Gasteiger partial charge in [0.1, 0.15) is 11.3 Å². The molecule has 0 bridgehead atoms. The van der Waals surface area contributed by atoms with Gasteiger partial charge in [-0.25, -0.2) is 4.79 Å². The molecule has 5 heteroatoms. The second-order valence-corrected chi connectivity index (χ2v) is 3.37. The van der Waals surface area contributed by atoms with Gasteiger partial charge in [0.05, 0.1) is 0 Å². The minimum absolute atomic E-state index is 0.00324. The minimum atomic E-state index is -1.20. The summed E-state index contributed by atoms with van der Waals surface area (Å²) in [7, 11) is 0. The average Bonchev–Trinajstić information content (AvgIpc) is 2.19. The van der Waals surface area contributed by atoms with Gasteiger partial charge in [-0.05, 0) is 24.5 Å². The maximum absolute atomic E-state index is 10.7. The van der Waals surface area contributed by atoms with Crippen molar-refractivity contribution in [1.29, 1.82) is 0 Å². The maximum Gasteiger partial charge on any atom is 0.339 e. The molecule has 0 saturated heterocycles. The minimum Gasteiger partial charge on any atom is -0.507 e. The standard InChI is InChI=1S/C11H12O5/c12-9(13)6-2-4-7-3-1-5-8(10(7)14)11(15)16/h1,3,5,14H,2,4,6H2,(H,12,13)(H,15,16). The van der Waals surface area contributed by atoms with E-state index in [-0.39, 0.29) is 17.7 Å². The predicted octanol–water partition coefficient (Wildman–Crippen LogP) is 1.50. The first-order chi connectivity index (χ1) is 7.52. The van der Waals surface area contributed by atoms with Crippen molar-refractivity contribution in [3.63, 3.8) is 0 Å². The van der Waals surface area contributed by atoms with Crippen molar-refractivity contribution in [2.45, 2.75) is 19.3 Å². The lowest BCUT2D eigenvalue weighted by atomic mass is 10.0. The highest BCUT2D eigenvalue weighted by Gasteiger charge is 2.12. The van der Waals surface area contributed by atoms with Crippen LogP contribution in [0.3, 0.4) is 0 Å². The third-order valence-electron chi connectivity index (χ3n) is 2.19. The van der Waals surface area contributed by atoms with E-state index >= 15 is 0 Å². The van der Waals surface area contributed by atoms with E-state index in [1.807, 2.05) is 0 Å². The summed E-state index contributed by atoms with van der Waals surface area (Å²) in [6.07, 6.45) is 0.710. The zero-order chi connectivity index (χ0) is 12.1. The van der Waals surface area contributed by atoms with Crippen LogP contribution in [0.5, 0.6) is 5.75 Å². The SMILES string of the molecule is O=C(O)CCCc1cccc(C(=O)O)c1O. The average molecular weight is 224 g/mol. The van der Waals surface area contributed by atoms with Gasteiger partial charge in [0.15, 0.2) is 0 Å². The highest BCUT2D eigenvalue weighted by Crippen LogP contribution is 2.23. The molecule has 1 rings (SSSR count). The second kappa shape index (κ2) is 5.16. The molecule has 0 atom stereocenters. The van der Waals surface area contributed by atoms with E-state index in [9.17, 15) is 14.7 Å². The number of phenols is 1. The third-order valence-corrected chi connectivity index (χ3v) is 2.19. The molecule has 0 aromatic heterocycles. The summed E-state index contributed by atoms with van der Waals surface area (Å²) in [5.41, 5.74) is 0.300.